The molecule has 0 saturated heterocycles. The van der Waals surface area contributed by atoms with Gasteiger partial charge in [0.1, 0.15) is 34.7 Å². The van der Waals surface area contributed by atoms with Gasteiger partial charge in [-0.15, -0.1) is 0 Å². The van der Waals surface area contributed by atoms with Gasteiger partial charge in [-0.2, -0.15) is 21.6 Å². The largest absolute Gasteiger partial charge is 0.516 e. The van der Waals surface area contributed by atoms with Gasteiger partial charge in [-0.25, -0.2) is 37.3 Å². The van der Waals surface area contributed by atoms with Crippen molar-refractivity contribution in [2.24, 2.45) is 5.14 Å². The molecule has 0 unspecified atom stereocenters. The topological polar surface area (TPSA) is 237 Å². The predicted octanol–water partition coefficient (Wildman–Crippen LogP) is 16.0. The Morgan fingerprint density at radius 2 is 0.854 bits per heavy atom. The van der Waals surface area contributed by atoms with Crippen LogP contribution in [0.2, 0.25) is 0 Å². The molecule has 9 aromatic carbocycles. The van der Waals surface area contributed by atoms with Crippen molar-refractivity contribution in [1.29, 1.82) is 0 Å². The van der Waals surface area contributed by atoms with Gasteiger partial charge in [0.25, 0.3) is 5.92 Å². The van der Waals surface area contributed by atoms with E-state index in [2.05, 4.69) is 42.0 Å². The second-order valence-corrected chi connectivity index (χ2v) is 25.8. The lowest BCUT2D eigenvalue weighted by atomic mass is 9.97. The number of fused-ring (bicyclic) bond motifs is 3. The van der Waals surface area contributed by atoms with Crippen LogP contribution in [0.1, 0.15) is 72.2 Å². The van der Waals surface area contributed by atoms with Gasteiger partial charge in [0.05, 0.1) is 56.9 Å². The second-order valence-electron chi connectivity index (χ2n) is 22.6. The van der Waals surface area contributed by atoms with Crippen molar-refractivity contribution in [3.63, 3.8) is 0 Å². The molecule has 96 heavy (non-hydrogen) atoms. The number of benzene rings is 9. The summed E-state index contributed by atoms with van der Waals surface area (Å²) in [5.74, 6) is 1.82. The highest BCUT2D eigenvalue weighted by molar-refractivity contribution is 7.93. The zero-order valence-electron chi connectivity index (χ0n) is 52.8. The molecule has 12 aromatic rings. The number of aryl methyl sites for hydroxylation is 6. The van der Waals surface area contributed by atoms with E-state index in [9.17, 15) is 43.6 Å². The fourth-order valence-electron chi connectivity index (χ4n) is 10.7. The smallest absolute Gasteiger partial charge is 0.494 e. The summed E-state index contributed by atoms with van der Waals surface area (Å²) in [6.07, 6.45) is 4.52. The van der Waals surface area contributed by atoms with Gasteiger partial charge >= 0.3 is 15.5 Å². The minimum absolute atomic E-state index is 0.0332. The molecule has 0 fully saturated rings. The lowest BCUT2D eigenvalue weighted by Gasteiger charge is -2.14. The van der Waals surface area contributed by atoms with E-state index in [1.54, 1.807) is 72.3 Å². The van der Waals surface area contributed by atoms with E-state index in [4.69, 9.17) is 19.3 Å². The van der Waals surface area contributed by atoms with Crippen LogP contribution in [-0.2, 0) is 58.6 Å². The third-order valence-corrected chi connectivity index (χ3v) is 17.4. The van der Waals surface area contributed by atoms with Crippen LogP contribution in [-0.4, -0.2) is 83.8 Å². The van der Waals surface area contributed by atoms with Crippen molar-refractivity contribution in [1.82, 2.24) is 29.9 Å². The number of primary sulfonamides is 1. The molecule has 0 aliphatic heterocycles. The summed E-state index contributed by atoms with van der Waals surface area (Å²) in [4.78, 5) is 35.9. The number of carbonyl (C=O) groups is 1. The number of hydrogen-bond donors (Lipinski definition) is 5. The zero-order chi connectivity index (χ0) is 68.2. The molecule has 0 bridgehead atoms. The molecule has 0 saturated carbocycles. The standard InChI is InChI=1S/C26H24F2N2O2.C24H22F3N3O3S.C23H23N3O3S/c1-17(31)21-5-3-4-6-22(21)19-10-13-23-24(15-19)30-25(29-23)14-9-18-7-11-20(12-8-18)32-16-26(2,27)28;1-2-33-18-11-7-16(8-12-18)9-14-23-28-21-13-10-17(15-22(21)29-23)19-5-3-4-6-20(19)30-34(31,32)24(25,26)27;1-2-29-18-11-7-16(8-12-18)9-14-23-25-20-13-10-17(15-21(20)26-23)19-5-3-4-6-22(19)30(24,27)28/h3-8,10-13,15H,9,14,16H2,1-2H3,(H,29,30);3-8,10-13,15,30H,2,9,14H2,1H3,(H,28,29);3-8,10-13,15H,2,9,14H2,1H3,(H,25,26)(H2,24,27,28). The van der Waals surface area contributed by atoms with Crippen LogP contribution in [0.25, 0.3) is 66.5 Å². The van der Waals surface area contributed by atoms with Gasteiger partial charge in [0, 0.05) is 42.9 Å². The number of nitrogens with zero attached hydrogens (tertiary/aromatic N) is 3. The molecule has 16 nitrogen and oxygen atoms in total. The first-order valence-electron chi connectivity index (χ1n) is 30.8. The minimum atomic E-state index is -5.54. The highest BCUT2D eigenvalue weighted by Crippen LogP contribution is 2.35. The lowest BCUT2D eigenvalue weighted by Crippen LogP contribution is -2.30. The number of rotatable bonds is 23. The van der Waals surface area contributed by atoms with Crippen molar-refractivity contribution in [3.8, 4) is 50.6 Å². The highest BCUT2D eigenvalue weighted by Gasteiger charge is 2.46. The summed E-state index contributed by atoms with van der Waals surface area (Å²) in [6.45, 7) is 6.93. The normalized spacial score (nSPS) is 11.8. The van der Waals surface area contributed by atoms with E-state index in [1.165, 1.54) is 23.8 Å². The maximum atomic E-state index is 12.9. The molecule has 3 aromatic heterocycles. The quantitative estimate of drug-likeness (QED) is 0.0298. The van der Waals surface area contributed by atoms with Gasteiger partial charge in [-0.1, -0.05) is 115 Å². The van der Waals surface area contributed by atoms with Gasteiger partial charge in [0.15, 0.2) is 12.4 Å². The fourth-order valence-corrected chi connectivity index (χ4v) is 12.0. The van der Waals surface area contributed by atoms with Crippen LogP contribution in [0.4, 0.5) is 27.6 Å². The van der Waals surface area contributed by atoms with E-state index in [1.807, 2.05) is 123 Å². The van der Waals surface area contributed by atoms with Crippen LogP contribution in [0.5, 0.6) is 17.2 Å². The maximum Gasteiger partial charge on any atom is 0.516 e. The Morgan fingerprint density at radius 3 is 1.26 bits per heavy atom. The number of carbonyl (C=O) groups excluding carboxylic acids is 1. The number of aromatic nitrogens is 6. The summed E-state index contributed by atoms with van der Waals surface area (Å²) in [5.41, 5.74) is 7.52. The number of para-hydroxylation sites is 1. The number of nitrogens with two attached hydrogens (primary N) is 1. The second kappa shape index (κ2) is 30.0. The van der Waals surface area contributed by atoms with E-state index in [0.717, 1.165) is 111 Å². The SMILES string of the molecule is CC(=O)c1ccccc1-c1ccc2nc(CCc3ccc(OCC(C)(F)F)cc3)[nH]c2c1.CCOc1ccc(CCc2nc3ccc(-c4ccccc4NS(=O)(=O)C(F)(F)F)cc3[nH]2)cc1.CCOc1ccc(CCc2nc3ccc(-c4ccccc4S(N)(=O)=O)cc3[nH]2)cc1. The average Bonchev–Trinajstić information content (AvgIpc) is 1.48. The van der Waals surface area contributed by atoms with Crippen molar-refractivity contribution in [2.45, 2.75) is 82.5 Å². The zero-order valence-corrected chi connectivity index (χ0v) is 54.4. The van der Waals surface area contributed by atoms with Gasteiger partial charge < -0.3 is 29.2 Å². The van der Waals surface area contributed by atoms with E-state index in [0.29, 0.717) is 65.1 Å². The van der Waals surface area contributed by atoms with Crippen LogP contribution >= 0.6 is 0 Å². The number of ketones is 1. The number of anilines is 1. The Bertz CT molecular complexity index is 4900. The molecule has 23 heteroatoms. The van der Waals surface area contributed by atoms with Crippen LogP contribution in [0.15, 0.2) is 205 Å². The molecule has 12 rings (SSSR count). The van der Waals surface area contributed by atoms with E-state index < -0.39 is 38.1 Å². The Morgan fingerprint density at radius 1 is 0.479 bits per heavy atom. The lowest BCUT2D eigenvalue weighted by molar-refractivity contribution is -0.0429. The number of hydrogen-bond acceptors (Lipinski definition) is 11. The number of ether oxygens (including phenoxy) is 3. The number of imidazole rings is 3. The molecule has 496 valence electrons. The first-order valence-corrected chi connectivity index (χ1v) is 33.8. The van der Waals surface area contributed by atoms with E-state index >= 15 is 0 Å². The van der Waals surface area contributed by atoms with Crippen LogP contribution in [0.3, 0.4) is 0 Å². The summed E-state index contributed by atoms with van der Waals surface area (Å²) < 4.78 is 129. The number of nitrogens with one attached hydrogen (secondary N) is 4. The Hall–Kier alpha value is -10.2. The number of halogens is 5. The number of aromatic amines is 3. The minimum Gasteiger partial charge on any atom is -0.494 e. The fraction of sp³-hybridized carbons (Fsp3) is 0.205. The molecule has 6 N–H and O–H groups in total. The number of H-pyrrole nitrogens is 3. The van der Waals surface area contributed by atoms with Crippen molar-refractivity contribution < 1.29 is 57.8 Å². The molecular weight excluding hydrogens is 1280 g/mol. The molecule has 0 aliphatic rings. The molecule has 0 spiro atoms. The number of Topliss-reactive ketones (excluding diaryl/α,β-unsaturated/α-hetero) is 1. The van der Waals surface area contributed by atoms with Crippen LogP contribution in [0, 0.1) is 0 Å². The third kappa shape index (κ3) is 18.0. The molecule has 0 radical (unpaired) electrons. The van der Waals surface area contributed by atoms with Crippen molar-refractivity contribution in [3.05, 3.63) is 240 Å². The maximum absolute atomic E-state index is 12.9. The summed E-state index contributed by atoms with van der Waals surface area (Å²) in [7, 11) is -9.35. The Balaban J connectivity index is 0.000000157. The monoisotopic (exact) mass is 1340 g/mol. The Labute approximate surface area is 552 Å². The first kappa shape index (κ1) is 68.6. The van der Waals surface area contributed by atoms with Crippen molar-refractivity contribution in [2.75, 3.05) is 24.5 Å². The van der Waals surface area contributed by atoms with Gasteiger partial charge in [0.2, 0.25) is 10.0 Å². The summed E-state index contributed by atoms with van der Waals surface area (Å²) >= 11 is 0. The highest BCUT2D eigenvalue weighted by atomic mass is 32.2. The molecule has 3 heterocycles. The first-order chi connectivity index (χ1) is 45.9. The van der Waals surface area contributed by atoms with Crippen LogP contribution < -0.4 is 24.1 Å². The molecule has 0 aliphatic carbocycles. The average molecular weight is 1350 g/mol. The summed E-state index contributed by atoms with van der Waals surface area (Å²) in [5, 5.41) is 5.38. The third-order valence-electron chi connectivity index (χ3n) is 15.3. The molecule has 0 amide bonds. The van der Waals surface area contributed by atoms with E-state index in [-0.39, 0.29) is 16.4 Å². The number of sulfonamides is 2. The number of alkyl halides is 5. The van der Waals surface area contributed by atoms with Crippen molar-refractivity contribution >= 4 is 64.6 Å². The Kier molecular flexibility index (Phi) is 21.5. The van der Waals surface area contributed by atoms with Gasteiger partial charge in [-0.05, 0) is 164 Å². The molecular formula is C73H69F5N8O8S2. The predicted molar refractivity (Wildman–Crippen MR) is 365 cm³/mol. The summed E-state index contributed by atoms with van der Waals surface area (Å²) in [6, 6.07) is 60.2. The molecule has 0 atom stereocenters. The van der Waals surface area contributed by atoms with Gasteiger partial charge in [-0.3, -0.25) is 9.52 Å².